The van der Waals surface area contributed by atoms with Crippen LogP contribution in [0.4, 0.5) is 0 Å². The molecule has 2 aromatic rings. The van der Waals surface area contributed by atoms with Gasteiger partial charge in [0.15, 0.2) is 0 Å². The van der Waals surface area contributed by atoms with E-state index < -0.39 is 6.10 Å². The van der Waals surface area contributed by atoms with Crippen molar-refractivity contribution >= 4 is 16.8 Å². The lowest BCUT2D eigenvalue weighted by atomic mass is 10.1. The first-order chi connectivity index (χ1) is 10.1. The van der Waals surface area contributed by atoms with E-state index in [1.165, 1.54) is 13.2 Å². The maximum Gasteiger partial charge on any atom is 0.252 e. The number of para-hydroxylation sites is 1. The monoisotopic (exact) mass is 290 g/mol. The second kappa shape index (κ2) is 7.01. The Hall–Kier alpha value is -2.18. The number of aliphatic hydroxyl groups is 1. The van der Waals surface area contributed by atoms with Gasteiger partial charge in [-0.15, -0.1) is 0 Å². The van der Waals surface area contributed by atoms with Crippen molar-refractivity contribution in [2.24, 2.45) is 0 Å². The van der Waals surface area contributed by atoms with Crippen LogP contribution in [-0.2, 0) is 4.74 Å². The number of carbonyl (C=O) groups excluding carboxylic acids is 1. The van der Waals surface area contributed by atoms with Crippen molar-refractivity contribution in [2.45, 2.75) is 12.5 Å². The lowest BCUT2D eigenvalue weighted by Gasteiger charge is -2.11. The van der Waals surface area contributed by atoms with Gasteiger partial charge < -0.3 is 20.1 Å². The van der Waals surface area contributed by atoms with Crippen molar-refractivity contribution in [3.05, 3.63) is 46.2 Å². The fourth-order valence-corrected chi connectivity index (χ4v) is 2.12. The van der Waals surface area contributed by atoms with Crippen LogP contribution in [0.5, 0.6) is 0 Å². The van der Waals surface area contributed by atoms with Crippen molar-refractivity contribution in [2.75, 3.05) is 20.3 Å². The zero-order valence-corrected chi connectivity index (χ0v) is 11.8. The summed E-state index contributed by atoms with van der Waals surface area (Å²) in [4.78, 5) is 26.4. The molecule has 0 aliphatic heterocycles. The highest BCUT2D eigenvalue weighted by Crippen LogP contribution is 2.14. The Morgan fingerprint density at radius 2 is 2.19 bits per heavy atom. The largest absolute Gasteiger partial charge is 0.391 e. The number of H-pyrrole nitrogens is 1. The first-order valence-electron chi connectivity index (χ1n) is 6.69. The topological polar surface area (TPSA) is 91.4 Å². The highest BCUT2D eigenvalue weighted by atomic mass is 16.5. The minimum atomic E-state index is -0.619. The Bertz CT molecular complexity index is 681. The van der Waals surface area contributed by atoms with Crippen molar-refractivity contribution in [3.63, 3.8) is 0 Å². The van der Waals surface area contributed by atoms with Crippen LogP contribution in [0, 0.1) is 0 Å². The molecule has 0 fully saturated rings. The van der Waals surface area contributed by atoms with Gasteiger partial charge in [0.2, 0.25) is 5.56 Å². The van der Waals surface area contributed by atoms with E-state index in [9.17, 15) is 14.7 Å². The quantitative estimate of drug-likeness (QED) is 0.728. The molecule has 3 N–H and O–H groups in total. The highest BCUT2D eigenvalue weighted by Gasteiger charge is 2.12. The van der Waals surface area contributed by atoms with Gasteiger partial charge in [-0.05, 0) is 12.5 Å². The van der Waals surface area contributed by atoms with E-state index >= 15 is 0 Å². The number of amides is 1. The molecule has 1 aromatic carbocycles. The van der Waals surface area contributed by atoms with Crippen LogP contribution in [0.1, 0.15) is 16.8 Å². The molecular weight excluding hydrogens is 272 g/mol. The first kappa shape index (κ1) is 15.2. The summed E-state index contributed by atoms with van der Waals surface area (Å²) < 4.78 is 4.81. The Kier molecular flexibility index (Phi) is 5.08. The van der Waals surface area contributed by atoms with Gasteiger partial charge in [0.05, 0.1) is 18.3 Å². The summed E-state index contributed by atoms with van der Waals surface area (Å²) in [7, 11) is 1.50. The van der Waals surface area contributed by atoms with Crippen LogP contribution in [0.15, 0.2) is 35.1 Å². The number of aromatic nitrogens is 1. The maximum atomic E-state index is 12.2. The Morgan fingerprint density at radius 3 is 2.95 bits per heavy atom. The molecule has 6 heteroatoms. The lowest BCUT2D eigenvalue weighted by molar-refractivity contribution is 0.0588. The van der Waals surface area contributed by atoms with Gasteiger partial charge in [0, 0.05) is 30.6 Å². The van der Waals surface area contributed by atoms with Crippen molar-refractivity contribution < 1.29 is 14.6 Å². The number of hydrogen-bond acceptors (Lipinski definition) is 4. The molecule has 1 amide bonds. The van der Waals surface area contributed by atoms with E-state index in [2.05, 4.69) is 10.3 Å². The molecule has 0 saturated heterocycles. The predicted octanol–water partition coefficient (Wildman–Crippen LogP) is 0.655. The third kappa shape index (κ3) is 3.90. The summed E-state index contributed by atoms with van der Waals surface area (Å²) in [5.74, 6) is -0.332. The summed E-state index contributed by atoms with van der Waals surface area (Å²) in [6.45, 7) is 0.536. The Labute approximate surface area is 121 Å². The molecule has 21 heavy (non-hydrogen) atoms. The van der Waals surface area contributed by atoms with E-state index in [-0.39, 0.29) is 18.1 Å². The molecule has 0 bridgehead atoms. The van der Waals surface area contributed by atoms with Crippen molar-refractivity contribution in [3.8, 4) is 0 Å². The number of nitrogens with one attached hydrogen (secondary N) is 2. The summed E-state index contributed by atoms with van der Waals surface area (Å²) >= 11 is 0. The molecule has 1 atom stereocenters. The highest BCUT2D eigenvalue weighted by molar-refractivity contribution is 6.05. The first-order valence-corrected chi connectivity index (χ1v) is 6.69. The summed E-state index contributed by atoms with van der Waals surface area (Å²) in [5.41, 5.74) is 0.628. The normalized spacial score (nSPS) is 12.3. The third-order valence-electron chi connectivity index (χ3n) is 3.12. The molecule has 1 heterocycles. The van der Waals surface area contributed by atoms with Crippen molar-refractivity contribution in [1.29, 1.82) is 0 Å². The Balaban J connectivity index is 2.11. The molecule has 2 rings (SSSR count). The molecule has 0 radical (unpaired) electrons. The van der Waals surface area contributed by atoms with Crippen LogP contribution in [0.2, 0.25) is 0 Å². The van der Waals surface area contributed by atoms with E-state index in [1.54, 1.807) is 24.3 Å². The van der Waals surface area contributed by atoms with E-state index in [1.807, 2.05) is 0 Å². The number of aromatic amines is 1. The van der Waals surface area contributed by atoms with Gasteiger partial charge in [-0.2, -0.15) is 0 Å². The van der Waals surface area contributed by atoms with E-state index in [0.29, 0.717) is 29.4 Å². The standard InChI is InChI=1S/C15H18N2O4/c1-21-9-10(18)6-7-16-15(20)12-8-14(19)17-13-5-3-2-4-11(12)13/h2-5,8,10,18H,6-7,9H2,1H3,(H,16,20)(H,17,19). The number of pyridine rings is 1. The second-order valence-electron chi connectivity index (χ2n) is 4.75. The number of fused-ring (bicyclic) bond motifs is 1. The SMILES string of the molecule is COCC(O)CCNC(=O)c1cc(=O)[nH]c2ccccc12. The molecule has 0 saturated carbocycles. The maximum absolute atomic E-state index is 12.2. The summed E-state index contributed by atoms with van der Waals surface area (Å²) in [6.07, 6.45) is -0.230. The Morgan fingerprint density at radius 1 is 1.43 bits per heavy atom. The van der Waals surface area contributed by atoms with Gasteiger partial charge in [-0.1, -0.05) is 18.2 Å². The second-order valence-corrected chi connectivity index (χ2v) is 4.75. The smallest absolute Gasteiger partial charge is 0.252 e. The summed E-state index contributed by atoms with van der Waals surface area (Å²) in [5, 5.41) is 12.9. The summed E-state index contributed by atoms with van der Waals surface area (Å²) in [6, 6.07) is 8.40. The molecule has 0 aliphatic rings. The molecule has 1 unspecified atom stereocenters. The van der Waals surface area contributed by atoms with Crippen molar-refractivity contribution in [1.82, 2.24) is 10.3 Å². The molecule has 112 valence electrons. The number of carbonyl (C=O) groups is 1. The van der Waals surface area contributed by atoms with Gasteiger partial charge in [0.25, 0.3) is 5.91 Å². The lowest BCUT2D eigenvalue weighted by Crippen LogP contribution is -2.29. The number of rotatable bonds is 6. The molecule has 6 nitrogen and oxygen atoms in total. The number of methoxy groups -OCH3 is 1. The third-order valence-corrected chi connectivity index (χ3v) is 3.12. The molecule has 0 spiro atoms. The van der Waals surface area contributed by atoms with Gasteiger partial charge in [-0.3, -0.25) is 9.59 Å². The zero-order chi connectivity index (χ0) is 15.2. The van der Waals surface area contributed by atoms with Gasteiger partial charge in [-0.25, -0.2) is 0 Å². The molecular formula is C15H18N2O4. The fraction of sp³-hybridized carbons (Fsp3) is 0.333. The van der Waals surface area contributed by atoms with Crippen LogP contribution < -0.4 is 10.9 Å². The molecule has 1 aromatic heterocycles. The minimum absolute atomic E-state index is 0.226. The van der Waals surface area contributed by atoms with Gasteiger partial charge >= 0.3 is 0 Å². The van der Waals surface area contributed by atoms with E-state index in [0.717, 1.165) is 0 Å². The van der Waals surface area contributed by atoms with Gasteiger partial charge in [0.1, 0.15) is 0 Å². The number of hydrogen-bond donors (Lipinski definition) is 3. The van der Waals surface area contributed by atoms with Crippen LogP contribution in [0.3, 0.4) is 0 Å². The minimum Gasteiger partial charge on any atom is -0.391 e. The van der Waals surface area contributed by atoms with Crippen LogP contribution in [0.25, 0.3) is 10.9 Å². The number of aliphatic hydroxyl groups excluding tert-OH is 1. The average molecular weight is 290 g/mol. The van der Waals surface area contributed by atoms with Crippen LogP contribution >= 0.6 is 0 Å². The zero-order valence-electron chi connectivity index (χ0n) is 11.8. The average Bonchev–Trinajstić information content (AvgIpc) is 2.46. The number of benzene rings is 1. The number of ether oxygens (including phenoxy) is 1. The predicted molar refractivity (Wildman–Crippen MR) is 79.4 cm³/mol. The van der Waals surface area contributed by atoms with E-state index in [4.69, 9.17) is 4.74 Å². The fourth-order valence-electron chi connectivity index (χ4n) is 2.12. The molecule has 0 aliphatic carbocycles. The van der Waals surface area contributed by atoms with Crippen LogP contribution in [-0.4, -0.2) is 42.4 Å².